The fraction of sp³-hybridized carbons (Fsp3) is 0.267. The number of anilines is 1. The lowest BCUT2D eigenvalue weighted by molar-refractivity contribution is -0.117. The number of carbonyl (C=O) groups excluding carboxylic acids is 1. The Balaban J connectivity index is 2.29. The van der Waals surface area contributed by atoms with Gasteiger partial charge in [0.05, 0.1) is 18.3 Å². The standard InChI is InChI=1S/C15H16Cl2N4O5S/c1-20(2)27(24,25)12-6-9(4-5-11(12)26-3)19-13(22)8-21-15(23)14(17)10(16)7-18-21/h4-7H,8H2,1-3H3,(H,19,22). The van der Waals surface area contributed by atoms with E-state index in [1.165, 1.54) is 39.4 Å². The third-order valence-corrected chi connectivity index (χ3v) is 6.03. The quantitative estimate of drug-likeness (QED) is 0.736. The molecule has 1 N–H and O–H groups in total. The van der Waals surface area contributed by atoms with Crippen molar-refractivity contribution < 1.29 is 17.9 Å². The van der Waals surface area contributed by atoms with E-state index in [4.69, 9.17) is 27.9 Å². The Hall–Kier alpha value is -2.14. The van der Waals surface area contributed by atoms with Crippen LogP contribution in [0.25, 0.3) is 0 Å². The van der Waals surface area contributed by atoms with E-state index >= 15 is 0 Å². The molecule has 0 atom stereocenters. The highest BCUT2D eigenvalue weighted by molar-refractivity contribution is 7.89. The summed E-state index contributed by atoms with van der Waals surface area (Å²) in [5.41, 5.74) is -0.515. The number of rotatable bonds is 6. The smallest absolute Gasteiger partial charge is 0.287 e. The van der Waals surface area contributed by atoms with Crippen molar-refractivity contribution in [1.29, 1.82) is 0 Å². The highest BCUT2D eigenvalue weighted by atomic mass is 35.5. The molecule has 1 heterocycles. The van der Waals surface area contributed by atoms with E-state index in [2.05, 4.69) is 10.4 Å². The molecular formula is C15H16Cl2N4O5S. The minimum absolute atomic E-state index is 0.0213. The number of hydrogen-bond donors (Lipinski definition) is 1. The molecule has 0 aliphatic carbocycles. The molecule has 0 aliphatic rings. The van der Waals surface area contributed by atoms with Crippen molar-refractivity contribution in [1.82, 2.24) is 14.1 Å². The normalized spacial score (nSPS) is 11.5. The van der Waals surface area contributed by atoms with Crippen LogP contribution in [-0.4, -0.2) is 49.6 Å². The Morgan fingerprint density at radius 1 is 1.33 bits per heavy atom. The van der Waals surface area contributed by atoms with E-state index < -0.39 is 28.0 Å². The molecule has 12 heteroatoms. The predicted molar refractivity (Wildman–Crippen MR) is 101 cm³/mol. The lowest BCUT2D eigenvalue weighted by Crippen LogP contribution is -2.30. The van der Waals surface area contributed by atoms with Crippen molar-refractivity contribution in [2.24, 2.45) is 0 Å². The van der Waals surface area contributed by atoms with Crippen LogP contribution in [0.5, 0.6) is 5.75 Å². The lowest BCUT2D eigenvalue weighted by atomic mass is 10.3. The molecule has 0 saturated heterocycles. The van der Waals surface area contributed by atoms with Crippen LogP contribution in [0.1, 0.15) is 0 Å². The van der Waals surface area contributed by atoms with Gasteiger partial charge in [-0.2, -0.15) is 5.10 Å². The number of benzene rings is 1. The monoisotopic (exact) mass is 434 g/mol. The van der Waals surface area contributed by atoms with E-state index in [1.54, 1.807) is 0 Å². The molecule has 1 amide bonds. The van der Waals surface area contributed by atoms with Gasteiger partial charge in [-0.05, 0) is 18.2 Å². The highest BCUT2D eigenvalue weighted by Crippen LogP contribution is 2.28. The summed E-state index contributed by atoms with van der Waals surface area (Å²) in [6.07, 6.45) is 1.15. The van der Waals surface area contributed by atoms with Gasteiger partial charge in [0.25, 0.3) is 5.56 Å². The van der Waals surface area contributed by atoms with Gasteiger partial charge < -0.3 is 10.1 Å². The molecule has 1 aromatic carbocycles. The zero-order valence-corrected chi connectivity index (χ0v) is 16.9. The number of sulfonamides is 1. The topological polar surface area (TPSA) is 111 Å². The first-order chi connectivity index (χ1) is 12.6. The third kappa shape index (κ3) is 4.59. The molecule has 0 spiro atoms. The molecule has 0 saturated carbocycles. The molecule has 1 aromatic heterocycles. The van der Waals surface area contributed by atoms with Gasteiger partial charge in [-0.15, -0.1) is 0 Å². The minimum atomic E-state index is -3.80. The first kappa shape index (κ1) is 21.2. The first-order valence-electron chi connectivity index (χ1n) is 7.39. The number of amides is 1. The molecule has 0 aliphatic heterocycles. The van der Waals surface area contributed by atoms with Gasteiger partial charge in [0.1, 0.15) is 22.2 Å². The first-order valence-corrected chi connectivity index (χ1v) is 9.59. The minimum Gasteiger partial charge on any atom is -0.495 e. The number of ether oxygens (including phenoxy) is 1. The van der Waals surface area contributed by atoms with Crippen molar-refractivity contribution in [2.45, 2.75) is 11.4 Å². The van der Waals surface area contributed by atoms with Crippen LogP contribution in [0.15, 0.2) is 34.1 Å². The van der Waals surface area contributed by atoms with Gasteiger partial charge in [-0.1, -0.05) is 23.2 Å². The molecular weight excluding hydrogens is 419 g/mol. The number of methoxy groups -OCH3 is 1. The fourth-order valence-corrected chi connectivity index (χ4v) is 3.39. The Labute approximate surface area is 165 Å². The van der Waals surface area contributed by atoms with Crippen molar-refractivity contribution >= 4 is 44.8 Å². The highest BCUT2D eigenvalue weighted by Gasteiger charge is 2.23. The molecule has 27 heavy (non-hydrogen) atoms. The largest absolute Gasteiger partial charge is 0.495 e. The van der Waals surface area contributed by atoms with Gasteiger partial charge in [0.15, 0.2) is 0 Å². The van der Waals surface area contributed by atoms with E-state index in [0.29, 0.717) is 0 Å². The molecule has 2 rings (SSSR count). The summed E-state index contributed by atoms with van der Waals surface area (Å²) in [5.74, 6) is -0.481. The number of nitrogens with one attached hydrogen (secondary N) is 1. The van der Waals surface area contributed by atoms with Gasteiger partial charge in [-0.3, -0.25) is 9.59 Å². The van der Waals surface area contributed by atoms with Crippen LogP contribution in [-0.2, 0) is 21.4 Å². The van der Waals surface area contributed by atoms with Crippen LogP contribution in [0, 0.1) is 0 Å². The van der Waals surface area contributed by atoms with Crippen LogP contribution in [0.2, 0.25) is 10.0 Å². The molecule has 2 aromatic rings. The second-order valence-electron chi connectivity index (χ2n) is 5.47. The van der Waals surface area contributed by atoms with E-state index in [0.717, 1.165) is 15.2 Å². The Bertz CT molecular complexity index is 1040. The summed E-state index contributed by atoms with van der Waals surface area (Å²) >= 11 is 11.4. The Morgan fingerprint density at radius 2 is 2.00 bits per heavy atom. The number of hydrogen-bond acceptors (Lipinski definition) is 6. The van der Waals surface area contributed by atoms with Gasteiger partial charge in [-0.25, -0.2) is 17.4 Å². The van der Waals surface area contributed by atoms with Gasteiger partial charge >= 0.3 is 0 Å². The second kappa shape index (κ2) is 8.26. The van der Waals surface area contributed by atoms with E-state index in [-0.39, 0.29) is 26.4 Å². The zero-order chi connectivity index (χ0) is 20.4. The molecule has 146 valence electrons. The summed E-state index contributed by atoms with van der Waals surface area (Å²) in [4.78, 5) is 24.0. The maximum atomic E-state index is 12.4. The molecule has 0 bridgehead atoms. The van der Waals surface area contributed by atoms with Gasteiger partial charge in [0, 0.05) is 19.8 Å². The maximum Gasteiger partial charge on any atom is 0.287 e. The lowest BCUT2D eigenvalue weighted by Gasteiger charge is -2.16. The van der Waals surface area contributed by atoms with Gasteiger partial charge in [0.2, 0.25) is 15.9 Å². The summed E-state index contributed by atoms with van der Waals surface area (Å²) in [7, 11) is 0.296. The Morgan fingerprint density at radius 3 is 2.59 bits per heavy atom. The average Bonchev–Trinajstić information content (AvgIpc) is 2.62. The van der Waals surface area contributed by atoms with Crippen LogP contribution >= 0.6 is 23.2 Å². The summed E-state index contributed by atoms with van der Waals surface area (Å²) < 4.78 is 31.7. The summed E-state index contributed by atoms with van der Waals surface area (Å²) in [6.45, 7) is -0.433. The summed E-state index contributed by atoms with van der Waals surface area (Å²) in [5, 5.41) is 5.96. The molecule has 0 radical (unpaired) electrons. The van der Waals surface area contributed by atoms with Crippen LogP contribution in [0.3, 0.4) is 0 Å². The zero-order valence-electron chi connectivity index (χ0n) is 14.6. The SMILES string of the molecule is COc1ccc(NC(=O)Cn2ncc(Cl)c(Cl)c2=O)cc1S(=O)(=O)N(C)C. The Kier molecular flexibility index (Phi) is 6.47. The number of aromatic nitrogens is 2. The number of halogens is 2. The van der Waals surface area contributed by atoms with Crippen molar-refractivity contribution in [3.8, 4) is 5.75 Å². The predicted octanol–water partition coefficient (Wildman–Crippen LogP) is 1.45. The second-order valence-corrected chi connectivity index (χ2v) is 8.38. The molecule has 9 nitrogen and oxygen atoms in total. The van der Waals surface area contributed by atoms with E-state index in [1.807, 2.05) is 0 Å². The molecule has 0 fully saturated rings. The van der Waals surface area contributed by atoms with Crippen molar-refractivity contribution in [3.05, 3.63) is 44.8 Å². The number of nitrogens with zero attached hydrogens (tertiary/aromatic N) is 3. The average molecular weight is 435 g/mol. The van der Waals surface area contributed by atoms with Crippen LogP contribution in [0.4, 0.5) is 5.69 Å². The fourth-order valence-electron chi connectivity index (χ4n) is 2.05. The van der Waals surface area contributed by atoms with E-state index in [9.17, 15) is 18.0 Å². The molecule has 0 unspecified atom stereocenters. The van der Waals surface area contributed by atoms with Crippen molar-refractivity contribution in [3.63, 3.8) is 0 Å². The number of carbonyl (C=O) groups is 1. The van der Waals surface area contributed by atoms with Crippen LogP contribution < -0.4 is 15.6 Å². The summed E-state index contributed by atoms with van der Waals surface area (Å²) in [6, 6.07) is 4.14. The third-order valence-electron chi connectivity index (χ3n) is 3.44. The van der Waals surface area contributed by atoms with Crippen molar-refractivity contribution in [2.75, 3.05) is 26.5 Å². The maximum absolute atomic E-state index is 12.4.